The van der Waals surface area contributed by atoms with Crippen LogP contribution in [0.5, 0.6) is 0 Å². The van der Waals surface area contributed by atoms with Gasteiger partial charge in [0.1, 0.15) is 0 Å². The van der Waals surface area contributed by atoms with Gasteiger partial charge in [0, 0.05) is 31.7 Å². The van der Waals surface area contributed by atoms with Gasteiger partial charge in [0.25, 0.3) is 5.91 Å². The van der Waals surface area contributed by atoms with Gasteiger partial charge in [-0.2, -0.15) is 0 Å². The third-order valence-corrected chi connectivity index (χ3v) is 6.26. The fourth-order valence-corrected chi connectivity index (χ4v) is 4.64. The second-order valence-electron chi connectivity index (χ2n) is 8.17. The maximum absolute atomic E-state index is 13.3. The fourth-order valence-electron chi connectivity index (χ4n) is 4.64. The molecule has 1 spiro atoms. The molecule has 0 N–H and O–H groups in total. The molecule has 2 saturated heterocycles. The number of nitrogens with zero attached hydrogens (tertiary/aromatic N) is 2. The molecule has 0 saturated carbocycles. The molecule has 1 aromatic heterocycles. The third-order valence-electron chi connectivity index (χ3n) is 6.26. The Balaban J connectivity index is 1.37. The third kappa shape index (κ3) is 3.58. The molecule has 2 amide bonds. The van der Waals surface area contributed by atoms with E-state index in [1.54, 1.807) is 17.2 Å². The highest BCUT2D eigenvalue weighted by Crippen LogP contribution is 2.40. The molecule has 5 heteroatoms. The number of benzene rings is 1. The first-order valence-corrected chi connectivity index (χ1v) is 10.3. The number of rotatable bonds is 5. The van der Waals surface area contributed by atoms with Gasteiger partial charge >= 0.3 is 0 Å². The van der Waals surface area contributed by atoms with Crippen LogP contribution in [0.3, 0.4) is 0 Å². The largest absolute Gasteiger partial charge is 0.459 e. The summed E-state index contributed by atoms with van der Waals surface area (Å²) in [6.07, 6.45) is 6.15. The van der Waals surface area contributed by atoms with Crippen molar-refractivity contribution >= 4 is 11.8 Å². The Morgan fingerprint density at radius 3 is 2.71 bits per heavy atom. The highest BCUT2D eigenvalue weighted by atomic mass is 16.3. The lowest BCUT2D eigenvalue weighted by atomic mass is 9.78. The molecular weight excluding hydrogens is 352 g/mol. The Hall–Kier alpha value is -2.56. The first-order chi connectivity index (χ1) is 13.6. The van der Waals surface area contributed by atoms with E-state index in [4.69, 9.17) is 4.42 Å². The van der Waals surface area contributed by atoms with Crippen LogP contribution in [0.15, 0.2) is 47.1 Å². The Labute approximate surface area is 166 Å². The highest BCUT2D eigenvalue weighted by Gasteiger charge is 2.49. The molecule has 0 bridgehead atoms. The summed E-state index contributed by atoms with van der Waals surface area (Å²) in [6.45, 7) is 4.65. The van der Waals surface area contributed by atoms with Crippen molar-refractivity contribution in [2.75, 3.05) is 26.2 Å². The van der Waals surface area contributed by atoms with E-state index >= 15 is 0 Å². The molecule has 2 fully saturated rings. The number of amides is 2. The number of carbonyl (C=O) groups excluding carboxylic acids is 2. The van der Waals surface area contributed by atoms with E-state index in [1.807, 2.05) is 17.9 Å². The summed E-state index contributed by atoms with van der Waals surface area (Å²) in [6, 6.07) is 12.2. The minimum absolute atomic E-state index is 0.0895. The molecule has 3 heterocycles. The van der Waals surface area contributed by atoms with Crippen LogP contribution < -0.4 is 0 Å². The Morgan fingerprint density at radius 1 is 1.14 bits per heavy atom. The zero-order valence-electron chi connectivity index (χ0n) is 16.5. The molecule has 5 nitrogen and oxygen atoms in total. The van der Waals surface area contributed by atoms with E-state index in [9.17, 15) is 9.59 Å². The van der Waals surface area contributed by atoms with Gasteiger partial charge in [-0.15, -0.1) is 0 Å². The lowest BCUT2D eigenvalue weighted by Gasteiger charge is -2.39. The summed E-state index contributed by atoms with van der Waals surface area (Å²) >= 11 is 0. The molecule has 0 aliphatic carbocycles. The van der Waals surface area contributed by atoms with Gasteiger partial charge < -0.3 is 14.2 Å². The number of hydrogen-bond donors (Lipinski definition) is 0. The van der Waals surface area contributed by atoms with Crippen LogP contribution in [0.25, 0.3) is 0 Å². The molecule has 1 unspecified atom stereocenters. The van der Waals surface area contributed by atoms with Crippen molar-refractivity contribution in [3.63, 3.8) is 0 Å². The van der Waals surface area contributed by atoms with Crippen LogP contribution in [0.2, 0.25) is 0 Å². The Bertz CT molecular complexity index is 845. The molecule has 2 aliphatic heterocycles. The summed E-state index contributed by atoms with van der Waals surface area (Å²) in [7, 11) is 0. The average molecular weight is 380 g/mol. The SMILES string of the molecule is Cc1ccoc1C(=O)N1CCC2(CCCN(CCCc3ccccc3)C2=O)C1. The fraction of sp³-hybridized carbons (Fsp3) is 0.478. The normalized spacial score (nSPS) is 22.2. The van der Waals surface area contributed by atoms with Gasteiger partial charge in [0.2, 0.25) is 5.91 Å². The van der Waals surface area contributed by atoms with Crippen molar-refractivity contribution in [2.24, 2.45) is 5.41 Å². The predicted molar refractivity (Wildman–Crippen MR) is 107 cm³/mol. The molecule has 4 rings (SSSR count). The molecule has 28 heavy (non-hydrogen) atoms. The quantitative estimate of drug-likeness (QED) is 0.795. The lowest BCUT2D eigenvalue weighted by molar-refractivity contribution is -0.145. The number of furan rings is 1. The van der Waals surface area contributed by atoms with Crippen molar-refractivity contribution in [1.29, 1.82) is 0 Å². The van der Waals surface area contributed by atoms with Gasteiger partial charge in [-0.05, 0) is 50.7 Å². The zero-order chi connectivity index (χ0) is 19.6. The van der Waals surface area contributed by atoms with E-state index in [1.165, 1.54) is 5.56 Å². The minimum atomic E-state index is -0.402. The number of hydrogen-bond acceptors (Lipinski definition) is 3. The zero-order valence-corrected chi connectivity index (χ0v) is 16.5. The lowest BCUT2D eigenvalue weighted by Crippen LogP contribution is -2.50. The van der Waals surface area contributed by atoms with Gasteiger partial charge in [-0.1, -0.05) is 30.3 Å². The number of piperidine rings is 1. The number of carbonyl (C=O) groups is 2. The average Bonchev–Trinajstić information content (AvgIpc) is 3.33. The van der Waals surface area contributed by atoms with E-state index in [-0.39, 0.29) is 11.8 Å². The maximum Gasteiger partial charge on any atom is 0.289 e. The highest BCUT2D eigenvalue weighted by molar-refractivity contribution is 5.94. The van der Waals surface area contributed by atoms with E-state index < -0.39 is 5.41 Å². The first kappa shape index (κ1) is 18.8. The van der Waals surface area contributed by atoms with Crippen LogP contribution in [0.4, 0.5) is 0 Å². The van der Waals surface area contributed by atoms with Gasteiger partial charge in [-0.3, -0.25) is 9.59 Å². The van der Waals surface area contributed by atoms with E-state index in [2.05, 4.69) is 24.3 Å². The van der Waals surface area contributed by atoms with Crippen molar-refractivity contribution in [2.45, 2.75) is 39.0 Å². The molecule has 148 valence electrons. The maximum atomic E-state index is 13.3. The van der Waals surface area contributed by atoms with Crippen LogP contribution in [-0.2, 0) is 11.2 Å². The predicted octanol–water partition coefficient (Wildman–Crippen LogP) is 3.68. The topological polar surface area (TPSA) is 53.8 Å². The first-order valence-electron chi connectivity index (χ1n) is 10.3. The number of likely N-dealkylation sites (tertiary alicyclic amines) is 2. The Kier molecular flexibility index (Phi) is 5.25. The molecule has 1 atom stereocenters. The van der Waals surface area contributed by atoms with Crippen LogP contribution >= 0.6 is 0 Å². The second kappa shape index (κ2) is 7.82. The van der Waals surface area contributed by atoms with E-state index in [0.29, 0.717) is 18.8 Å². The summed E-state index contributed by atoms with van der Waals surface area (Å²) in [4.78, 5) is 29.9. The van der Waals surface area contributed by atoms with Crippen LogP contribution in [0, 0.1) is 12.3 Å². The molecule has 2 aliphatic rings. The van der Waals surface area contributed by atoms with Gasteiger partial charge in [0.15, 0.2) is 5.76 Å². The molecule has 1 aromatic carbocycles. The molecule has 2 aromatic rings. The van der Waals surface area contributed by atoms with Crippen molar-refractivity contribution < 1.29 is 14.0 Å². The van der Waals surface area contributed by atoms with E-state index in [0.717, 1.165) is 50.8 Å². The monoisotopic (exact) mass is 380 g/mol. The van der Waals surface area contributed by atoms with Crippen molar-refractivity contribution in [3.8, 4) is 0 Å². The minimum Gasteiger partial charge on any atom is -0.459 e. The summed E-state index contributed by atoms with van der Waals surface area (Å²) in [5, 5.41) is 0. The second-order valence-corrected chi connectivity index (χ2v) is 8.17. The van der Waals surface area contributed by atoms with Crippen molar-refractivity contribution in [1.82, 2.24) is 9.80 Å². The number of aryl methyl sites for hydroxylation is 2. The van der Waals surface area contributed by atoms with Crippen LogP contribution in [-0.4, -0.2) is 47.8 Å². The summed E-state index contributed by atoms with van der Waals surface area (Å²) < 4.78 is 5.37. The van der Waals surface area contributed by atoms with Crippen molar-refractivity contribution in [3.05, 3.63) is 59.5 Å². The Morgan fingerprint density at radius 2 is 1.96 bits per heavy atom. The molecule has 0 radical (unpaired) electrons. The standard InChI is InChI=1S/C23H28N2O3/c1-18-10-16-28-20(18)21(26)25-15-12-23(17-25)11-6-14-24(22(23)27)13-5-9-19-7-3-2-4-8-19/h2-4,7-8,10,16H,5-6,9,11-15,17H2,1H3. The van der Waals surface area contributed by atoms with Gasteiger partial charge in [0.05, 0.1) is 11.7 Å². The smallest absolute Gasteiger partial charge is 0.289 e. The molecular formula is C23H28N2O3. The van der Waals surface area contributed by atoms with Gasteiger partial charge in [-0.25, -0.2) is 0 Å². The summed E-state index contributed by atoms with van der Waals surface area (Å²) in [5.74, 6) is 0.548. The van der Waals surface area contributed by atoms with Crippen LogP contribution in [0.1, 0.15) is 47.4 Å². The summed E-state index contributed by atoms with van der Waals surface area (Å²) in [5.41, 5.74) is 1.76.